The van der Waals surface area contributed by atoms with E-state index >= 15 is 0 Å². The van der Waals surface area contributed by atoms with Gasteiger partial charge in [-0.2, -0.15) is 5.26 Å². The van der Waals surface area contributed by atoms with Crippen molar-refractivity contribution in [3.8, 4) is 11.8 Å². The van der Waals surface area contributed by atoms with Crippen LogP contribution in [0, 0.1) is 23.0 Å². The number of rotatable bonds is 3. The standard InChI is InChI=1S/C18H12F2N2O3S/c19-13-7-14(20)18(23)17(8-13)26(24,25)22-15-4-1-10(9-21)5-12(15)6-16(22)11-2-3-11/h1,4-8,11,23H,2-3H2. The molecule has 0 unspecified atom stereocenters. The van der Waals surface area contributed by atoms with Crippen molar-refractivity contribution in [1.29, 1.82) is 5.26 Å². The summed E-state index contributed by atoms with van der Waals surface area (Å²) in [6, 6.07) is 9.17. The summed E-state index contributed by atoms with van der Waals surface area (Å²) in [6.45, 7) is 0. The molecule has 2 aromatic carbocycles. The summed E-state index contributed by atoms with van der Waals surface area (Å²) in [7, 11) is -4.45. The number of phenolic OH excluding ortho intramolecular Hbond substituents is 1. The third-order valence-corrected chi connectivity index (χ3v) is 6.18. The summed E-state index contributed by atoms with van der Waals surface area (Å²) in [6.07, 6.45) is 1.58. The fraction of sp³-hybridized carbons (Fsp3) is 0.167. The third-order valence-electron chi connectivity index (χ3n) is 4.42. The van der Waals surface area contributed by atoms with Crippen LogP contribution in [0.25, 0.3) is 10.9 Å². The van der Waals surface area contributed by atoms with Crippen LogP contribution in [0.4, 0.5) is 8.78 Å². The fourth-order valence-electron chi connectivity index (χ4n) is 3.05. The number of halogens is 2. The number of aromatic hydroxyl groups is 1. The van der Waals surface area contributed by atoms with Crippen LogP contribution in [-0.2, 0) is 10.0 Å². The molecule has 4 rings (SSSR count). The Labute approximate surface area is 147 Å². The zero-order valence-corrected chi connectivity index (χ0v) is 14.1. The van der Waals surface area contributed by atoms with Gasteiger partial charge in [-0.25, -0.2) is 21.2 Å². The maximum Gasteiger partial charge on any atom is 0.272 e. The lowest BCUT2D eigenvalue weighted by Gasteiger charge is -2.13. The van der Waals surface area contributed by atoms with Gasteiger partial charge in [-0.05, 0) is 43.2 Å². The van der Waals surface area contributed by atoms with Gasteiger partial charge in [0.2, 0.25) is 0 Å². The number of hydrogen-bond acceptors (Lipinski definition) is 4. The average molecular weight is 374 g/mol. The molecule has 0 radical (unpaired) electrons. The Morgan fingerprint density at radius 3 is 2.54 bits per heavy atom. The number of fused-ring (bicyclic) bond motifs is 1. The number of nitrogens with zero attached hydrogens (tertiary/aromatic N) is 2. The van der Waals surface area contributed by atoms with Gasteiger partial charge in [0.15, 0.2) is 11.6 Å². The highest BCUT2D eigenvalue weighted by Gasteiger charge is 2.34. The Morgan fingerprint density at radius 2 is 1.88 bits per heavy atom. The molecule has 1 aliphatic rings. The van der Waals surface area contributed by atoms with Crippen LogP contribution in [0.1, 0.15) is 30.0 Å². The zero-order valence-electron chi connectivity index (χ0n) is 13.3. The molecule has 0 spiro atoms. The van der Waals surface area contributed by atoms with Gasteiger partial charge in [-0.1, -0.05) is 0 Å². The molecule has 0 amide bonds. The van der Waals surface area contributed by atoms with Crippen LogP contribution in [0.15, 0.2) is 41.3 Å². The molecule has 0 saturated heterocycles. The van der Waals surface area contributed by atoms with Gasteiger partial charge in [0, 0.05) is 23.1 Å². The van der Waals surface area contributed by atoms with Crippen molar-refractivity contribution in [1.82, 2.24) is 3.97 Å². The molecular formula is C18H12F2N2O3S. The quantitative estimate of drug-likeness (QED) is 0.759. The smallest absolute Gasteiger partial charge is 0.272 e. The van der Waals surface area contributed by atoms with Crippen LogP contribution in [-0.4, -0.2) is 17.5 Å². The lowest BCUT2D eigenvalue weighted by molar-refractivity contribution is 0.411. The molecule has 0 bridgehead atoms. The van der Waals surface area contributed by atoms with E-state index in [0.29, 0.717) is 28.8 Å². The van der Waals surface area contributed by atoms with Gasteiger partial charge in [-0.15, -0.1) is 0 Å². The molecule has 26 heavy (non-hydrogen) atoms. The molecule has 1 aromatic heterocycles. The molecule has 5 nitrogen and oxygen atoms in total. The molecule has 1 N–H and O–H groups in total. The van der Waals surface area contributed by atoms with Crippen LogP contribution in [0.2, 0.25) is 0 Å². The molecule has 1 heterocycles. The Morgan fingerprint density at radius 1 is 1.15 bits per heavy atom. The Balaban J connectivity index is 2.05. The van der Waals surface area contributed by atoms with E-state index in [2.05, 4.69) is 0 Å². The summed E-state index contributed by atoms with van der Waals surface area (Å²) >= 11 is 0. The third kappa shape index (κ3) is 2.44. The second kappa shape index (κ2) is 5.54. The van der Waals surface area contributed by atoms with Crippen LogP contribution in [0.3, 0.4) is 0 Å². The van der Waals surface area contributed by atoms with E-state index in [9.17, 15) is 22.3 Å². The molecule has 0 atom stereocenters. The maximum absolute atomic E-state index is 13.7. The van der Waals surface area contributed by atoms with E-state index in [1.807, 2.05) is 6.07 Å². The minimum Gasteiger partial charge on any atom is -0.504 e. The molecule has 1 fully saturated rings. The fourth-order valence-corrected chi connectivity index (χ4v) is 4.75. The second-order valence-electron chi connectivity index (χ2n) is 6.23. The van der Waals surface area contributed by atoms with E-state index in [-0.39, 0.29) is 11.4 Å². The van der Waals surface area contributed by atoms with Crippen LogP contribution >= 0.6 is 0 Å². The lowest BCUT2D eigenvalue weighted by Crippen LogP contribution is -2.16. The topological polar surface area (TPSA) is 83.1 Å². The number of benzene rings is 2. The van der Waals surface area contributed by atoms with Gasteiger partial charge >= 0.3 is 0 Å². The minimum atomic E-state index is -4.45. The first-order valence-electron chi connectivity index (χ1n) is 7.82. The van der Waals surface area contributed by atoms with Crippen molar-refractivity contribution in [2.75, 3.05) is 0 Å². The molecule has 0 aliphatic heterocycles. The lowest BCUT2D eigenvalue weighted by atomic mass is 10.2. The second-order valence-corrected chi connectivity index (χ2v) is 7.99. The first-order valence-corrected chi connectivity index (χ1v) is 9.26. The molecular weight excluding hydrogens is 362 g/mol. The largest absolute Gasteiger partial charge is 0.504 e. The monoisotopic (exact) mass is 374 g/mol. The Kier molecular flexibility index (Phi) is 3.53. The van der Waals surface area contributed by atoms with Gasteiger partial charge in [0.25, 0.3) is 10.0 Å². The van der Waals surface area contributed by atoms with E-state index in [1.54, 1.807) is 12.1 Å². The summed E-state index contributed by atoms with van der Waals surface area (Å²) < 4.78 is 54.6. The highest BCUT2D eigenvalue weighted by Crippen LogP contribution is 2.44. The van der Waals surface area contributed by atoms with Crippen LogP contribution in [0.5, 0.6) is 5.75 Å². The summed E-state index contributed by atoms with van der Waals surface area (Å²) in [5.41, 5.74) is 1.13. The first kappa shape index (κ1) is 16.5. The van der Waals surface area contributed by atoms with Crippen molar-refractivity contribution >= 4 is 20.9 Å². The van der Waals surface area contributed by atoms with Crippen molar-refractivity contribution < 1.29 is 22.3 Å². The van der Waals surface area contributed by atoms with Gasteiger partial charge in [0.05, 0.1) is 17.1 Å². The van der Waals surface area contributed by atoms with Gasteiger partial charge in [0.1, 0.15) is 10.7 Å². The summed E-state index contributed by atoms with van der Waals surface area (Å²) in [4.78, 5) is -0.834. The summed E-state index contributed by atoms with van der Waals surface area (Å²) in [5.74, 6) is -3.57. The summed E-state index contributed by atoms with van der Waals surface area (Å²) in [5, 5.41) is 19.5. The maximum atomic E-state index is 13.7. The molecule has 8 heteroatoms. The molecule has 1 aliphatic carbocycles. The average Bonchev–Trinajstić information content (AvgIpc) is 3.37. The molecule has 132 valence electrons. The van der Waals surface area contributed by atoms with E-state index < -0.39 is 32.3 Å². The SMILES string of the molecule is N#Cc1ccc2c(c1)cc(C1CC1)n2S(=O)(=O)c1cc(F)cc(F)c1O. The molecule has 3 aromatic rings. The highest BCUT2D eigenvalue weighted by molar-refractivity contribution is 7.90. The van der Waals surface area contributed by atoms with Crippen molar-refractivity contribution in [2.45, 2.75) is 23.7 Å². The predicted octanol–water partition coefficient (Wildman–Crippen LogP) is 3.61. The normalized spacial score (nSPS) is 14.5. The van der Waals surface area contributed by atoms with E-state index in [0.717, 1.165) is 16.8 Å². The highest BCUT2D eigenvalue weighted by atomic mass is 32.2. The van der Waals surface area contributed by atoms with E-state index in [4.69, 9.17) is 5.26 Å². The first-order chi connectivity index (χ1) is 12.3. The number of hydrogen-bond donors (Lipinski definition) is 1. The number of phenols is 1. The van der Waals surface area contributed by atoms with Crippen molar-refractivity contribution in [3.63, 3.8) is 0 Å². The van der Waals surface area contributed by atoms with Gasteiger partial charge < -0.3 is 5.11 Å². The Bertz CT molecular complexity index is 1210. The number of nitriles is 1. The molecule has 1 saturated carbocycles. The van der Waals surface area contributed by atoms with Crippen molar-refractivity contribution in [3.05, 3.63) is 59.3 Å². The Hall–Kier alpha value is -2.92. The minimum absolute atomic E-state index is 0.00302. The van der Waals surface area contributed by atoms with E-state index in [1.165, 1.54) is 12.1 Å². The van der Waals surface area contributed by atoms with Crippen molar-refractivity contribution in [2.24, 2.45) is 0 Å². The van der Waals surface area contributed by atoms with Crippen LogP contribution < -0.4 is 0 Å². The zero-order chi connectivity index (χ0) is 18.6. The van der Waals surface area contributed by atoms with Gasteiger partial charge in [-0.3, -0.25) is 0 Å². The number of aromatic nitrogens is 1. The predicted molar refractivity (Wildman–Crippen MR) is 89.2 cm³/mol.